The van der Waals surface area contributed by atoms with E-state index in [1.807, 2.05) is 6.08 Å². The molecule has 2 unspecified atom stereocenters. The van der Waals surface area contributed by atoms with Crippen molar-refractivity contribution in [1.29, 1.82) is 0 Å². The van der Waals surface area contributed by atoms with E-state index in [9.17, 15) is 0 Å². The first-order chi connectivity index (χ1) is 8.15. The van der Waals surface area contributed by atoms with Crippen molar-refractivity contribution in [2.24, 2.45) is 0 Å². The third-order valence-corrected chi connectivity index (χ3v) is 3.76. The molecule has 92 valence electrons. The Balaban J connectivity index is 2.18. The summed E-state index contributed by atoms with van der Waals surface area (Å²) in [5, 5.41) is 3.64. The van der Waals surface area contributed by atoms with Crippen LogP contribution in [0.15, 0.2) is 43.0 Å². The molecule has 1 aliphatic rings. The molecule has 1 saturated heterocycles. The van der Waals surface area contributed by atoms with E-state index in [0.717, 1.165) is 19.6 Å². The fraction of sp³-hybridized carbons (Fsp3) is 0.467. The summed E-state index contributed by atoms with van der Waals surface area (Å²) >= 11 is 0. The molecule has 1 N–H and O–H groups in total. The minimum atomic E-state index is 0.0524. The summed E-state index contributed by atoms with van der Waals surface area (Å²) in [7, 11) is 0. The van der Waals surface area contributed by atoms with E-state index in [1.54, 1.807) is 0 Å². The zero-order valence-corrected chi connectivity index (χ0v) is 10.8. The molecule has 1 aromatic carbocycles. The van der Waals surface area contributed by atoms with E-state index in [0.29, 0.717) is 6.04 Å². The van der Waals surface area contributed by atoms with E-state index >= 15 is 0 Å². The van der Waals surface area contributed by atoms with Crippen LogP contribution < -0.4 is 5.32 Å². The van der Waals surface area contributed by atoms with Crippen LogP contribution in [0.2, 0.25) is 0 Å². The van der Waals surface area contributed by atoms with Crippen molar-refractivity contribution in [3.05, 3.63) is 48.6 Å². The number of rotatable bonds is 3. The van der Waals surface area contributed by atoms with Crippen molar-refractivity contribution >= 4 is 0 Å². The van der Waals surface area contributed by atoms with Gasteiger partial charge in [0.25, 0.3) is 0 Å². The zero-order chi connectivity index (χ0) is 12.3. The molecule has 2 heteroatoms. The van der Waals surface area contributed by atoms with Crippen molar-refractivity contribution < 1.29 is 0 Å². The maximum absolute atomic E-state index is 3.89. The first-order valence-electron chi connectivity index (χ1n) is 6.33. The molecule has 0 aliphatic carbocycles. The van der Waals surface area contributed by atoms with Gasteiger partial charge in [0.15, 0.2) is 0 Å². The molecule has 2 atom stereocenters. The Kier molecular flexibility index (Phi) is 3.65. The quantitative estimate of drug-likeness (QED) is 0.802. The number of benzene rings is 1. The summed E-state index contributed by atoms with van der Waals surface area (Å²) in [6.07, 6.45) is 2.02. The number of hydrogen-bond donors (Lipinski definition) is 1. The Morgan fingerprint density at radius 1 is 1.41 bits per heavy atom. The van der Waals surface area contributed by atoms with E-state index in [4.69, 9.17) is 0 Å². The standard InChI is InChI=1S/C15H22N2/c1-4-13(2)17-11-10-16-15(3,12-17)14-8-6-5-7-9-14/h4-9,13,16H,1,10-12H2,2-3H3. The molecule has 1 aromatic rings. The monoisotopic (exact) mass is 230 g/mol. The Morgan fingerprint density at radius 2 is 2.12 bits per heavy atom. The Morgan fingerprint density at radius 3 is 2.76 bits per heavy atom. The van der Waals surface area contributed by atoms with Crippen molar-refractivity contribution in [1.82, 2.24) is 10.2 Å². The van der Waals surface area contributed by atoms with Gasteiger partial charge < -0.3 is 5.32 Å². The van der Waals surface area contributed by atoms with Crippen molar-refractivity contribution in [2.45, 2.75) is 25.4 Å². The molecular formula is C15H22N2. The van der Waals surface area contributed by atoms with E-state index in [-0.39, 0.29) is 5.54 Å². The molecule has 17 heavy (non-hydrogen) atoms. The lowest BCUT2D eigenvalue weighted by atomic mass is 9.89. The predicted octanol–water partition coefficient (Wildman–Crippen LogP) is 2.38. The smallest absolute Gasteiger partial charge is 0.0535 e. The molecule has 1 fully saturated rings. The Hall–Kier alpha value is -1.12. The first-order valence-corrected chi connectivity index (χ1v) is 6.33. The molecule has 0 aromatic heterocycles. The van der Waals surface area contributed by atoms with Crippen LogP contribution in [-0.4, -0.2) is 30.6 Å². The fourth-order valence-electron chi connectivity index (χ4n) is 2.51. The van der Waals surface area contributed by atoms with Gasteiger partial charge in [0.2, 0.25) is 0 Å². The largest absolute Gasteiger partial charge is 0.305 e. The van der Waals surface area contributed by atoms with Crippen LogP contribution >= 0.6 is 0 Å². The van der Waals surface area contributed by atoms with E-state index < -0.39 is 0 Å². The van der Waals surface area contributed by atoms with Crippen LogP contribution in [0.25, 0.3) is 0 Å². The summed E-state index contributed by atoms with van der Waals surface area (Å²) in [6, 6.07) is 11.1. The van der Waals surface area contributed by atoms with Crippen LogP contribution in [-0.2, 0) is 5.54 Å². The van der Waals surface area contributed by atoms with E-state index in [2.05, 4.69) is 61.0 Å². The number of nitrogens with zero attached hydrogens (tertiary/aromatic N) is 1. The highest BCUT2D eigenvalue weighted by Crippen LogP contribution is 2.25. The highest BCUT2D eigenvalue weighted by molar-refractivity contribution is 5.25. The SMILES string of the molecule is C=CC(C)N1CCNC(C)(c2ccccc2)C1. The van der Waals surface area contributed by atoms with Gasteiger partial charge in [0.05, 0.1) is 5.54 Å². The summed E-state index contributed by atoms with van der Waals surface area (Å²) in [5.74, 6) is 0. The zero-order valence-electron chi connectivity index (χ0n) is 10.8. The molecular weight excluding hydrogens is 208 g/mol. The van der Waals surface area contributed by atoms with Crippen molar-refractivity contribution in [3.8, 4) is 0 Å². The van der Waals surface area contributed by atoms with Gasteiger partial charge in [-0.25, -0.2) is 0 Å². The van der Waals surface area contributed by atoms with Gasteiger partial charge in [-0.3, -0.25) is 4.90 Å². The summed E-state index contributed by atoms with van der Waals surface area (Å²) in [5.41, 5.74) is 1.41. The number of hydrogen-bond acceptors (Lipinski definition) is 2. The molecule has 0 amide bonds. The highest BCUT2D eigenvalue weighted by Gasteiger charge is 2.33. The second kappa shape index (κ2) is 5.03. The second-order valence-corrected chi connectivity index (χ2v) is 5.07. The Labute approximate surface area is 104 Å². The lowest BCUT2D eigenvalue weighted by Gasteiger charge is -2.43. The van der Waals surface area contributed by atoms with Gasteiger partial charge in [-0.2, -0.15) is 0 Å². The second-order valence-electron chi connectivity index (χ2n) is 5.07. The van der Waals surface area contributed by atoms with Gasteiger partial charge in [0, 0.05) is 25.7 Å². The molecule has 0 saturated carbocycles. The lowest BCUT2D eigenvalue weighted by Crippen LogP contribution is -2.58. The molecule has 2 nitrogen and oxygen atoms in total. The highest BCUT2D eigenvalue weighted by atomic mass is 15.2. The Bertz CT molecular complexity index is 374. The predicted molar refractivity (Wildman–Crippen MR) is 73.0 cm³/mol. The minimum Gasteiger partial charge on any atom is -0.305 e. The van der Waals surface area contributed by atoms with Crippen LogP contribution in [0.3, 0.4) is 0 Å². The average Bonchev–Trinajstić information content (AvgIpc) is 2.39. The van der Waals surface area contributed by atoms with Crippen LogP contribution in [0.1, 0.15) is 19.4 Å². The normalized spacial score (nSPS) is 27.6. The van der Waals surface area contributed by atoms with Gasteiger partial charge >= 0.3 is 0 Å². The average molecular weight is 230 g/mol. The third-order valence-electron chi connectivity index (χ3n) is 3.76. The molecule has 0 bridgehead atoms. The van der Waals surface area contributed by atoms with E-state index in [1.165, 1.54) is 5.56 Å². The van der Waals surface area contributed by atoms with Crippen LogP contribution in [0, 0.1) is 0 Å². The van der Waals surface area contributed by atoms with Gasteiger partial charge in [-0.15, -0.1) is 6.58 Å². The maximum atomic E-state index is 3.89. The topological polar surface area (TPSA) is 15.3 Å². The first kappa shape index (κ1) is 12.3. The molecule has 1 aliphatic heterocycles. The maximum Gasteiger partial charge on any atom is 0.0535 e. The summed E-state index contributed by atoms with van der Waals surface area (Å²) in [6.45, 7) is 11.5. The molecule has 2 rings (SSSR count). The molecule has 1 heterocycles. The van der Waals surface area contributed by atoms with Gasteiger partial charge in [-0.05, 0) is 19.4 Å². The third kappa shape index (κ3) is 2.59. The van der Waals surface area contributed by atoms with Crippen LogP contribution in [0.4, 0.5) is 0 Å². The number of piperazine rings is 1. The number of nitrogens with one attached hydrogen (secondary N) is 1. The van der Waals surface area contributed by atoms with Crippen LogP contribution in [0.5, 0.6) is 0 Å². The molecule has 0 spiro atoms. The van der Waals surface area contributed by atoms with Crippen molar-refractivity contribution in [2.75, 3.05) is 19.6 Å². The molecule has 0 radical (unpaired) electrons. The lowest BCUT2D eigenvalue weighted by molar-refractivity contribution is 0.124. The summed E-state index contributed by atoms with van der Waals surface area (Å²) < 4.78 is 0. The van der Waals surface area contributed by atoms with Crippen molar-refractivity contribution in [3.63, 3.8) is 0 Å². The van der Waals surface area contributed by atoms with Gasteiger partial charge in [-0.1, -0.05) is 36.4 Å². The minimum absolute atomic E-state index is 0.0524. The van der Waals surface area contributed by atoms with Gasteiger partial charge in [0.1, 0.15) is 0 Å². The summed E-state index contributed by atoms with van der Waals surface area (Å²) in [4.78, 5) is 2.48. The fourth-order valence-corrected chi connectivity index (χ4v) is 2.51.